The van der Waals surface area contributed by atoms with Gasteiger partial charge in [-0.2, -0.15) is 0 Å². The molecule has 0 bridgehead atoms. The lowest BCUT2D eigenvalue weighted by Crippen LogP contribution is -2.44. The van der Waals surface area contributed by atoms with Crippen molar-refractivity contribution in [2.45, 2.75) is 13.5 Å². The highest BCUT2D eigenvalue weighted by Crippen LogP contribution is 2.27. The zero-order valence-electron chi connectivity index (χ0n) is 12.5. The van der Waals surface area contributed by atoms with Crippen molar-refractivity contribution in [3.05, 3.63) is 34.7 Å². The van der Waals surface area contributed by atoms with Gasteiger partial charge in [-0.1, -0.05) is 12.2 Å². The van der Waals surface area contributed by atoms with Crippen molar-refractivity contribution < 1.29 is 4.39 Å². The van der Waals surface area contributed by atoms with E-state index in [0.29, 0.717) is 10.2 Å². The number of hydrogen-bond acceptors (Lipinski definition) is 3. The Labute approximate surface area is 129 Å². The second-order valence-electron chi connectivity index (χ2n) is 5.58. The lowest BCUT2D eigenvalue weighted by atomic mass is 10.1. The quantitative estimate of drug-likeness (QED) is 0.790. The monoisotopic (exact) mass is 305 g/mol. The van der Waals surface area contributed by atoms with Gasteiger partial charge in [-0.05, 0) is 32.2 Å². The highest BCUT2D eigenvalue weighted by atomic mass is 32.1. The van der Waals surface area contributed by atoms with Gasteiger partial charge in [0.25, 0.3) is 0 Å². The van der Waals surface area contributed by atoms with Crippen LogP contribution in [-0.4, -0.2) is 42.7 Å². The number of hydrogen-bond donors (Lipinski definition) is 0. The molecule has 2 aromatic rings. The number of pyridine rings is 1. The predicted octanol–water partition coefficient (Wildman–Crippen LogP) is 3.28. The van der Waals surface area contributed by atoms with E-state index in [0.717, 1.165) is 43.6 Å². The molecule has 0 N–H and O–H groups in total. The standard InChI is InChI=1S/C16H20FN3S/c1-3-19-5-4-16(21)12-10-13(17)15(11-14(12)19)20-8-6-18(2)7-9-20/h4-5,10-11H,3,6-9H2,1-2H3. The number of benzene rings is 1. The zero-order valence-corrected chi connectivity index (χ0v) is 13.3. The molecular formula is C16H20FN3S. The van der Waals surface area contributed by atoms with Crippen molar-refractivity contribution in [3.8, 4) is 0 Å². The van der Waals surface area contributed by atoms with Crippen LogP contribution in [-0.2, 0) is 6.54 Å². The van der Waals surface area contributed by atoms with Gasteiger partial charge >= 0.3 is 0 Å². The maximum absolute atomic E-state index is 14.5. The Morgan fingerprint density at radius 3 is 2.57 bits per heavy atom. The maximum atomic E-state index is 14.5. The van der Waals surface area contributed by atoms with Crippen molar-refractivity contribution in [1.82, 2.24) is 9.47 Å². The molecule has 5 heteroatoms. The van der Waals surface area contributed by atoms with Crippen molar-refractivity contribution in [3.63, 3.8) is 0 Å². The summed E-state index contributed by atoms with van der Waals surface area (Å²) in [7, 11) is 2.10. The fourth-order valence-corrected chi connectivity index (χ4v) is 3.10. The first-order valence-electron chi connectivity index (χ1n) is 7.36. The topological polar surface area (TPSA) is 11.4 Å². The molecule has 1 fully saturated rings. The van der Waals surface area contributed by atoms with E-state index in [2.05, 4.69) is 28.3 Å². The minimum absolute atomic E-state index is 0.174. The highest BCUT2D eigenvalue weighted by Gasteiger charge is 2.18. The van der Waals surface area contributed by atoms with Gasteiger partial charge in [-0.25, -0.2) is 4.39 Å². The lowest BCUT2D eigenvalue weighted by Gasteiger charge is -2.34. The number of rotatable bonds is 2. The molecule has 1 aromatic heterocycles. The summed E-state index contributed by atoms with van der Waals surface area (Å²) in [5.74, 6) is -0.174. The number of likely N-dealkylation sites (N-methyl/N-ethyl adjacent to an activating group) is 1. The van der Waals surface area contributed by atoms with Crippen molar-refractivity contribution in [2.75, 3.05) is 38.1 Å². The molecule has 1 aliphatic rings. The Morgan fingerprint density at radius 1 is 1.19 bits per heavy atom. The third-order valence-corrected chi connectivity index (χ3v) is 4.59. The van der Waals surface area contributed by atoms with Crippen molar-refractivity contribution >= 4 is 28.8 Å². The average molecular weight is 305 g/mol. The molecule has 3 nitrogen and oxygen atoms in total. The zero-order chi connectivity index (χ0) is 15.0. The largest absolute Gasteiger partial charge is 0.367 e. The molecule has 0 aliphatic carbocycles. The molecular weight excluding hydrogens is 285 g/mol. The molecule has 21 heavy (non-hydrogen) atoms. The number of aryl methyl sites for hydroxylation is 1. The average Bonchev–Trinajstić information content (AvgIpc) is 2.49. The molecule has 0 unspecified atom stereocenters. The van der Waals surface area contributed by atoms with E-state index < -0.39 is 0 Å². The van der Waals surface area contributed by atoms with Crippen LogP contribution >= 0.6 is 12.2 Å². The first-order chi connectivity index (χ1) is 10.1. The first kappa shape index (κ1) is 14.5. The van der Waals surface area contributed by atoms with Gasteiger partial charge in [0.2, 0.25) is 0 Å². The molecule has 0 radical (unpaired) electrons. The molecule has 0 saturated carbocycles. The predicted molar refractivity (Wildman–Crippen MR) is 88.1 cm³/mol. The van der Waals surface area contributed by atoms with E-state index in [4.69, 9.17) is 12.2 Å². The van der Waals surface area contributed by atoms with Crippen molar-refractivity contribution in [1.29, 1.82) is 0 Å². The number of fused-ring (bicyclic) bond motifs is 1. The van der Waals surface area contributed by atoms with Crippen molar-refractivity contribution in [2.24, 2.45) is 0 Å². The van der Waals surface area contributed by atoms with E-state index >= 15 is 0 Å². The Hall–Kier alpha value is -1.46. The second kappa shape index (κ2) is 5.73. The summed E-state index contributed by atoms with van der Waals surface area (Å²) in [4.78, 5) is 4.40. The highest BCUT2D eigenvalue weighted by molar-refractivity contribution is 7.71. The fraction of sp³-hybridized carbons (Fsp3) is 0.438. The molecule has 0 spiro atoms. The summed E-state index contributed by atoms with van der Waals surface area (Å²) in [6, 6.07) is 5.42. The van der Waals surface area contributed by atoms with Gasteiger partial charge in [0.15, 0.2) is 0 Å². The SMILES string of the molecule is CCn1ccc(=S)c2cc(F)c(N3CCN(C)CC3)cc21. The number of aromatic nitrogens is 1. The Bertz CT molecular complexity index is 717. The lowest BCUT2D eigenvalue weighted by molar-refractivity contribution is 0.312. The number of nitrogens with zero attached hydrogens (tertiary/aromatic N) is 3. The molecule has 2 heterocycles. The van der Waals surface area contributed by atoms with Gasteiger partial charge in [0.1, 0.15) is 5.82 Å². The first-order valence-corrected chi connectivity index (χ1v) is 7.77. The van der Waals surface area contributed by atoms with Crippen LogP contribution in [0.2, 0.25) is 0 Å². The van der Waals surface area contributed by atoms with E-state index in [9.17, 15) is 4.39 Å². The number of piperazine rings is 1. The van der Waals surface area contributed by atoms with Crippen LogP contribution in [0.4, 0.5) is 10.1 Å². The van der Waals surface area contributed by atoms with Gasteiger partial charge in [0.05, 0.1) is 11.2 Å². The van der Waals surface area contributed by atoms with Crippen LogP contribution in [0.5, 0.6) is 0 Å². The molecule has 112 valence electrons. The molecule has 0 amide bonds. The Kier molecular flexibility index (Phi) is 3.95. The van der Waals surface area contributed by atoms with Gasteiger partial charge in [-0.3, -0.25) is 0 Å². The van der Waals surface area contributed by atoms with E-state index in [1.165, 1.54) is 0 Å². The van der Waals surface area contributed by atoms with Crippen LogP contribution < -0.4 is 4.90 Å². The summed E-state index contributed by atoms with van der Waals surface area (Å²) in [5.41, 5.74) is 1.71. The second-order valence-corrected chi connectivity index (χ2v) is 6.02. The number of anilines is 1. The minimum atomic E-state index is -0.174. The van der Waals surface area contributed by atoms with E-state index in [-0.39, 0.29) is 5.82 Å². The fourth-order valence-electron chi connectivity index (χ4n) is 2.88. The van der Waals surface area contributed by atoms with Crippen LogP contribution in [0.3, 0.4) is 0 Å². The van der Waals surface area contributed by atoms with Gasteiger partial charge < -0.3 is 14.4 Å². The third kappa shape index (κ3) is 2.68. The van der Waals surface area contributed by atoms with Gasteiger partial charge in [-0.15, -0.1) is 0 Å². The Morgan fingerprint density at radius 2 is 1.90 bits per heavy atom. The summed E-state index contributed by atoms with van der Waals surface area (Å²) >= 11 is 5.34. The van der Waals surface area contributed by atoms with E-state index in [1.807, 2.05) is 18.3 Å². The summed E-state index contributed by atoms with van der Waals surface area (Å²) in [5, 5.41) is 0.824. The third-order valence-electron chi connectivity index (χ3n) is 4.23. The summed E-state index contributed by atoms with van der Waals surface area (Å²) in [6.45, 7) is 6.58. The van der Waals surface area contributed by atoms with Crippen LogP contribution in [0.25, 0.3) is 10.9 Å². The maximum Gasteiger partial charge on any atom is 0.147 e. The molecule has 3 rings (SSSR count). The van der Waals surface area contributed by atoms with Crippen LogP contribution in [0.15, 0.2) is 24.4 Å². The normalized spacial score (nSPS) is 16.6. The minimum Gasteiger partial charge on any atom is -0.367 e. The van der Waals surface area contributed by atoms with Gasteiger partial charge in [0, 0.05) is 48.8 Å². The molecule has 1 saturated heterocycles. The van der Waals surface area contributed by atoms with Crippen LogP contribution in [0, 0.1) is 10.3 Å². The molecule has 1 aliphatic heterocycles. The van der Waals surface area contributed by atoms with E-state index in [1.54, 1.807) is 6.07 Å². The van der Waals surface area contributed by atoms with Crippen LogP contribution in [0.1, 0.15) is 6.92 Å². The molecule has 0 atom stereocenters. The number of halogens is 1. The summed E-state index contributed by atoms with van der Waals surface area (Å²) in [6.07, 6.45) is 1.98. The Balaban J connectivity index is 2.11. The smallest absolute Gasteiger partial charge is 0.147 e. The summed E-state index contributed by atoms with van der Waals surface area (Å²) < 4.78 is 17.3. The molecule has 1 aromatic carbocycles.